The van der Waals surface area contributed by atoms with Gasteiger partial charge in [-0.05, 0) is 51.9 Å². The highest BCUT2D eigenvalue weighted by Gasteiger charge is 2.24. The molecule has 0 saturated carbocycles. The summed E-state index contributed by atoms with van der Waals surface area (Å²) in [6, 6.07) is 0. The van der Waals surface area contributed by atoms with E-state index in [1.54, 1.807) is 0 Å². The van der Waals surface area contributed by atoms with Gasteiger partial charge < -0.3 is 0 Å². The zero-order valence-electron chi connectivity index (χ0n) is 10.7. The molecule has 0 spiro atoms. The Morgan fingerprint density at radius 1 is 0.750 bits per heavy atom. The van der Waals surface area contributed by atoms with Crippen molar-refractivity contribution in [3.05, 3.63) is 11.8 Å². The topological polar surface area (TPSA) is 6.48 Å². The first kappa shape index (κ1) is 12.3. The van der Waals surface area contributed by atoms with Gasteiger partial charge in [-0.15, -0.1) is 5.70 Å². The second-order valence-corrected chi connectivity index (χ2v) is 5.80. The minimum atomic E-state index is 0.623. The lowest BCUT2D eigenvalue weighted by Gasteiger charge is -2.41. The molecule has 16 heavy (non-hydrogen) atoms. The van der Waals surface area contributed by atoms with Crippen molar-refractivity contribution in [1.82, 2.24) is 9.80 Å². The molecular weight excluding hydrogens is 212 g/mol. The molecule has 0 unspecified atom stereocenters. The van der Waals surface area contributed by atoms with Crippen LogP contribution in [0.4, 0.5) is 0 Å². The van der Waals surface area contributed by atoms with Crippen molar-refractivity contribution in [2.75, 3.05) is 26.2 Å². The van der Waals surface area contributed by atoms with Gasteiger partial charge in [-0.2, -0.15) is 0 Å². The maximum Gasteiger partial charge on any atom is 0.0810 e. The molecule has 3 heteroatoms. The van der Waals surface area contributed by atoms with Gasteiger partial charge >= 0.3 is 0 Å². The molecule has 2 fully saturated rings. The van der Waals surface area contributed by atoms with E-state index in [0.717, 1.165) is 0 Å². The molecule has 0 aromatic heterocycles. The summed E-state index contributed by atoms with van der Waals surface area (Å²) in [5, 5.41) is 0. The molecule has 0 aromatic carbocycles. The van der Waals surface area contributed by atoms with Crippen molar-refractivity contribution in [3.8, 4) is 0 Å². The Morgan fingerprint density at radius 3 is 1.56 bits per heavy atom. The molecule has 2 saturated heterocycles. The van der Waals surface area contributed by atoms with E-state index in [4.69, 9.17) is 0 Å². The average molecular weight is 238 g/mol. The molecule has 2 aliphatic rings. The predicted molar refractivity (Wildman–Crippen MR) is 73.7 cm³/mol. The van der Waals surface area contributed by atoms with Gasteiger partial charge in [0.15, 0.2) is 0 Å². The van der Waals surface area contributed by atoms with Gasteiger partial charge in [-0.25, -0.2) is 0 Å². The molecule has 2 aliphatic heterocycles. The van der Waals surface area contributed by atoms with Gasteiger partial charge in [-0.3, -0.25) is 9.80 Å². The Kier molecular flexibility index (Phi) is 5.07. The van der Waals surface area contributed by atoms with E-state index < -0.39 is 0 Å². The van der Waals surface area contributed by atoms with Crippen molar-refractivity contribution in [3.63, 3.8) is 0 Å². The van der Waals surface area contributed by atoms with Crippen molar-refractivity contribution in [1.29, 1.82) is 0 Å². The Hall–Kier alpha value is -0.123. The molecule has 0 amide bonds. The SMILES string of the molecule is [SiH3]C=CC(N1CCCCC1)N1CCCCC1. The molecule has 2 heterocycles. The maximum atomic E-state index is 2.70. The van der Waals surface area contributed by atoms with E-state index >= 15 is 0 Å². The highest BCUT2D eigenvalue weighted by Crippen LogP contribution is 2.19. The molecule has 0 bridgehead atoms. The van der Waals surface area contributed by atoms with Crippen LogP contribution in [0.1, 0.15) is 38.5 Å². The molecule has 92 valence electrons. The van der Waals surface area contributed by atoms with Crippen LogP contribution in [0.3, 0.4) is 0 Å². The smallest absolute Gasteiger partial charge is 0.0810 e. The minimum Gasteiger partial charge on any atom is -0.285 e. The van der Waals surface area contributed by atoms with Gasteiger partial charge in [0.2, 0.25) is 0 Å². The standard InChI is InChI=1S/C13H26N2Si/c16-12-7-13(14-8-3-1-4-9-14)15-10-5-2-6-11-15/h7,12-13H,1-6,8-11H2,16H3. The summed E-state index contributed by atoms with van der Waals surface area (Å²) in [6.45, 7) is 5.25. The summed E-state index contributed by atoms with van der Waals surface area (Å²) >= 11 is 0. The van der Waals surface area contributed by atoms with Crippen molar-refractivity contribution >= 4 is 10.2 Å². The third kappa shape index (κ3) is 3.19. The van der Waals surface area contributed by atoms with Crippen LogP contribution in [-0.4, -0.2) is 52.4 Å². The normalized spacial score (nSPS) is 25.8. The number of hydrogen-bond acceptors (Lipinski definition) is 2. The molecular formula is C13H26N2Si. The van der Waals surface area contributed by atoms with Crippen LogP contribution < -0.4 is 0 Å². The lowest BCUT2D eigenvalue weighted by molar-refractivity contribution is 0.0476. The lowest BCUT2D eigenvalue weighted by Crippen LogP contribution is -2.50. The largest absolute Gasteiger partial charge is 0.285 e. The Labute approximate surface area is 103 Å². The average Bonchev–Trinajstić information content (AvgIpc) is 2.38. The summed E-state index contributed by atoms with van der Waals surface area (Å²) in [5.74, 6) is 0. The fourth-order valence-electron chi connectivity index (χ4n) is 3.01. The van der Waals surface area contributed by atoms with E-state index in [9.17, 15) is 0 Å². The van der Waals surface area contributed by atoms with Gasteiger partial charge in [0.05, 0.1) is 6.17 Å². The molecule has 0 aliphatic carbocycles. The van der Waals surface area contributed by atoms with Crippen LogP contribution in [0.2, 0.25) is 0 Å². The minimum absolute atomic E-state index is 0.623. The fourth-order valence-corrected chi connectivity index (χ4v) is 3.36. The predicted octanol–water partition coefficient (Wildman–Crippen LogP) is 1.16. The first-order chi connectivity index (χ1) is 7.92. The molecule has 0 aromatic rings. The molecule has 2 rings (SSSR count). The van der Waals surface area contributed by atoms with Crippen molar-refractivity contribution in [2.24, 2.45) is 0 Å². The zero-order chi connectivity index (χ0) is 11.2. The van der Waals surface area contributed by atoms with Crippen LogP contribution in [0.25, 0.3) is 0 Å². The molecule has 2 nitrogen and oxygen atoms in total. The van der Waals surface area contributed by atoms with Gasteiger partial charge in [0, 0.05) is 10.2 Å². The monoisotopic (exact) mass is 238 g/mol. The van der Waals surface area contributed by atoms with Gasteiger partial charge in [-0.1, -0.05) is 18.9 Å². The van der Waals surface area contributed by atoms with Crippen molar-refractivity contribution in [2.45, 2.75) is 44.7 Å². The maximum absolute atomic E-state index is 2.70. The fraction of sp³-hybridized carbons (Fsp3) is 0.846. The first-order valence-corrected chi connectivity index (χ1v) is 8.18. The second kappa shape index (κ2) is 6.57. The van der Waals surface area contributed by atoms with Crippen LogP contribution in [0, 0.1) is 0 Å². The van der Waals surface area contributed by atoms with Crippen LogP contribution in [0.15, 0.2) is 11.8 Å². The second-order valence-electron chi connectivity index (χ2n) is 5.13. The van der Waals surface area contributed by atoms with Gasteiger partial charge in [0.1, 0.15) is 0 Å². The summed E-state index contributed by atoms with van der Waals surface area (Å²) in [4.78, 5) is 5.40. The third-order valence-electron chi connectivity index (χ3n) is 3.89. The summed E-state index contributed by atoms with van der Waals surface area (Å²) in [6.07, 6.45) is 11.6. The number of rotatable bonds is 3. The Bertz CT molecular complexity index is 200. The van der Waals surface area contributed by atoms with Crippen molar-refractivity contribution < 1.29 is 0 Å². The Morgan fingerprint density at radius 2 is 1.19 bits per heavy atom. The zero-order valence-corrected chi connectivity index (χ0v) is 12.7. The van der Waals surface area contributed by atoms with E-state index in [1.807, 2.05) is 0 Å². The highest BCUT2D eigenvalue weighted by atomic mass is 28.1. The summed E-state index contributed by atoms with van der Waals surface area (Å²) in [7, 11) is 1.19. The van der Waals surface area contributed by atoms with Crippen LogP contribution in [0.5, 0.6) is 0 Å². The molecule has 0 N–H and O–H groups in total. The lowest BCUT2D eigenvalue weighted by atomic mass is 10.1. The first-order valence-electron chi connectivity index (χ1n) is 7.03. The van der Waals surface area contributed by atoms with E-state index in [-0.39, 0.29) is 0 Å². The number of nitrogens with zero attached hydrogens (tertiary/aromatic N) is 2. The van der Waals surface area contributed by atoms with E-state index in [0.29, 0.717) is 6.17 Å². The summed E-state index contributed by atoms with van der Waals surface area (Å²) < 4.78 is 0. The van der Waals surface area contributed by atoms with Crippen LogP contribution in [-0.2, 0) is 0 Å². The molecule has 0 atom stereocenters. The number of piperidine rings is 2. The van der Waals surface area contributed by atoms with E-state index in [2.05, 4.69) is 21.6 Å². The summed E-state index contributed by atoms with van der Waals surface area (Å²) in [5.41, 5.74) is 2.37. The van der Waals surface area contributed by atoms with E-state index in [1.165, 1.54) is 74.9 Å². The van der Waals surface area contributed by atoms with Crippen LogP contribution >= 0.6 is 0 Å². The quantitative estimate of drug-likeness (QED) is 0.681. The number of likely N-dealkylation sites (tertiary alicyclic amines) is 2. The molecule has 0 radical (unpaired) electrons. The highest BCUT2D eigenvalue weighted by molar-refractivity contribution is 6.17. The number of hydrogen-bond donors (Lipinski definition) is 0. The Balaban J connectivity index is 1.96. The third-order valence-corrected chi connectivity index (χ3v) is 4.28. The van der Waals surface area contributed by atoms with Gasteiger partial charge in [0.25, 0.3) is 0 Å².